The highest BCUT2D eigenvalue weighted by molar-refractivity contribution is 6.11. The number of para-hydroxylation sites is 1. The zero-order chi connectivity index (χ0) is 26.4. The fourth-order valence-electron chi connectivity index (χ4n) is 5.44. The molecule has 2 aromatic heterocycles. The summed E-state index contributed by atoms with van der Waals surface area (Å²) in [5.74, 6) is 1.79. The van der Waals surface area contributed by atoms with Gasteiger partial charge < -0.3 is 23.7 Å². The van der Waals surface area contributed by atoms with Crippen LogP contribution in [0.2, 0.25) is 0 Å². The lowest BCUT2D eigenvalue weighted by Crippen LogP contribution is -2.21. The number of rotatable bonds is 7. The third-order valence-electron chi connectivity index (χ3n) is 7.41. The van der Waals surface area contributed by atoms with Crippen molar-refractivity contribution >= 4 is 33.5 Å². The van der Waals surface area contributed by atoms with Crippen LogP contribution in [0.1, 0.15) is 21.5 Å². The molecule has 0 bridgehead atoms. The average molecular weight is 508 g/mol. The van der Waals surface area contributed by atoms with Gasteiger partial charge in [-0.3, -0.25) is 0 Å². The molecule has 0 N–H and O–H groups in total. The number of pyridine rings is 1. The second kappa shape index (κ2) is 9.41. The maximum atomic E-state index is 12.8. The molecule has 0 unspecified atom stereocenters. The van der Waals surface area contributed by atoms with E-state index in [0.717, 1.165) is 46.2 Å². The Balaban J connectivity index is 1.33. The molecule has 0 amide bonds. The van der Waals surface area contributed by atoms with Crippen molar-refractivity contribution in [2.45, 2.75) is 13.0 Å². The average Bonchev–Trinajstić information content (AvgIpc) is 3.48. The van der Waals surface area contributed by atoms with Gasteiger partial charge in [0.05, 0.1) is 19.8 Å². The van der Waals surface area contributed by atoms with Crippen LogP contribution < -0.4 is 14.4 Å². The van der Waals surface area contributed by atoms with Gasteiger partial charge in [0.1, 0.15) is 12.4 Å². The Labute approximate surface area is 221 Å². The number of likely N-dealkylation sites (N-methyl/N-ethyl adjacent to an activating group) is 1. The van der Waals surface area contributed by atoms with Crippen molar-refractivity contribution in [1.82, 2.24) is 9.55 Å². The van der Waals surface area contributed by atoms with Crippen molar-refractivity contribution in [1.29, 1.82) is 0 Å². The third kappa shape index (κ3) is 3.91. The van der Waals surface area contributed by atoms with Crippen LogP contribution in [0.15, 0.2) is 67.0 Å². The summed E-state index contributed by atoms with van der Waals surface area (Å²) in [6, 6.07) is 18.3. The summed E-state index contributed by atoms with van der Waals surface area (Å²) in [6.45, 7) is 1.08. The number of carbonyl (C=O) groups excluding carboxylic acids is 1. The lowest BCUT2D eigenvalue weighted by atomic mass is 9.91. The van der Waals surface area contributed by atoms with Gasteiger partial charge in [-0.15, -0.1) is 0 Å². The smallest absolute Gasteiger partial charge is 0.339 e. The minimum atomic E-state index is -0.317. The van der Waals surface area contributed by atoms with Crippen LogP contribution in [0.4, 0.5) is 5.82 Å². The van der Waals surface area contributed by atoms with E-state index in [1.54, 1.807) is 14.2 Å². The van der Waals surface area contributed by atoms with Crippen LogP contribution in [-0.4, -0.2) is 43.3 Å². The van der Waals surface area contributed by atoms with E-state index in [2.05, 4.69) is 54.0 Å². The number of hydrogen-bond acceptors (Lipinski definition) is 6. The molecule has 0 radical (unpaired) electrons. The number of methoxy groups -OCH3 is 2. The van der Waals surface area contributed by atoms with Crippen molar-refractivity contribution in [2.24, 2.45) is 7.05 Å². The van der Waals surface area contributed by atoms with E-state index in [0.29, 0.717) is 17.1 Å². The molecule has 0 fully saturated rings. The van der Waals surface area contributed by atoms with Gasteiger partial charge in [0.2, 0.25) is 0 Å². The topological polar surface area (TPSA) is 65.8 Å². The van der Waals surface area contributed by atoms with Gasteiger partial charge in [0.25, 0.3) is 0 Å². The Morgan fingerprint density at radius 1 is 1.00 bits per heavy atom. The molecule has 1 aliphatic rings. The van der Waals surface area contributed by atoms with Crippen LogP contribution in [0.3, 0.4) is 0 Å². The second-order valence-corrected chi connectivity index (χ2v) is 9.65. The molecule has 0 spiro atoms. The number of aryl methyl sites for hydroxylation is 1. The Morgan fingerprint density at radius 2 is 1.79 bits per heavy atom. The molecule has 3 aromatic carbocycles. The molecular formula is C31H29N3O4. The number of nitrogens with zero attached hydrogens (tertiary/aromatic N) is 3. The molecule has 1 aliphatic heterocycles. The highest BCUT2D eigenvalue weighted by Crippen LogP contribution is 2.42. The molecule has 0 atom stereocenters. The summed E-state index contributed by atoms with van der Waals surface area (Å²) < 4.78 is 18.7. The van der Waals surface area contributed by atoms with E-state index in [9.17, 15) is 4.79 Å². The number of aromatic nitrogens is 2. The highest BCUT2D eigenvalue weighted by Gasteiger charge is 2.28. The van der Waals surface area contributed by atoms with E-state index in [-0.39, 0.29) is 12.6 Å². The minimum Gasteiger partial charge on any atom is -0.493 e. The summed E-state index contributed by atoms with van der Waals surface area (Å²) in [5, 5.41) is 3.13. The molecule has 192 valence electrons. The monoisotopic (exact) mass is 507 g/mol. The first-order valence-electron chi connectivity index (χ1n) is 12.6. The number of cyclic esters (lactones) is 1. The number of anilines is 1. The zero-order valence-electron chi connectivity index (χ0n) is 21.9. The second-order valence-electron chi connectivity index (χ2n) is 9.65. The van der Waals surface area contributed by atoms with Gasteiger partial charge >= 0.3 is 5.97 Å². The number of benzene rings is 3. The van der Waals surface area contributed by atoms with Crippen LogP contribution in [0.5, 0.6) is 11.5 Å². The molecule has 6 rings (SSSR count). The largest absolute Gasteiger partial charge is 0.493 e. The third-order valence-corrected chi connectivity index (χ3v) is 7.41. The Bertz CT molecular complexity index is 1690. The predicted molar refractivity (Wildman–Crippen MR) is 149 cm³/mol. The molecule has 38 heavy (non-hydrogen) atoms. The van der Waals surface area contributed by atoms with Gasteiger partial charge in [-0.2, -0.15) is 0 Å². The van der Waals surface area contributed by atoms with Crippen molar-refractivity contribution < 1.29 is 19.0 Å². The normalized spacial score (nSPS) is 12.6. The van der Waals surface area contributed by atoms with Crippen molar-refractivity contribution in [3.63, 3.8) is 0 Å². The zero-order valence-corrected chi connectivity index (χ0v) is 21.9. The van der Waals surface area contributed by atoms with E-state index < -0.39 is 0 Å². The lowest BCUT2D eigenvalue weighted by molar-refractivity contribution is 0.0535. The Kier molecular flexibility index (Phi) is 5.91. The fourth-order valence-corrected chi connectivity index (χ4v) is 5.44. The first kappa shape index (κ1) is 23.9. The summed E-state index contributed by atoms with van der Waals surface area (Å²) in [6.07, 6.45) is 4.95. The maximum Gasteiger partial charge on any atom is 0.339 e. The van der Waals surface area contributed by atoms with Gasteiger partial charge in [0, 0.05) is 60.6 Å². The molecule has 7 nitrogen and oxygen atoms in total. The molecule has 0 saturated heterocycles. The number of ether oxygens (including phenoxy) is 3. The number of hydrogen-bond donors (Lipinski definition) is 0. The first-order chi connectivity index (χ1) is 18.5. The van der Waals surface area contributed by atoms with E-state index in [1.807, 2.05) is 36.5 Å². The molecule has 0 saturated carbocycles. The van der Waals surface area contributed by atoms with E-state index in [4.69, 9.17) is 19.2 Å². The number of fused-ring (bicyclic) bond motifs is 3. The molecule has 5 aromatic rings. The van der Waals surface area contributed by atoms with Crippen molar-refractivity contribution in [3.05, 3.63) is 83.7 Å². The summed E-state index contributed by atoms with van der Waals surface area (Å²) >= 11 is 0. The summed E-state index contributed by atoms with van der Waals surface area (Å²) in [7, 11) is 7.36. The van der Waals surface area contributed by atoms with Crippen LogP contribution in [-0.2, 0) is 24.8 Å². The maximum absolute atomic E-state index is 12.8. The minimum absolute atomic E-state index is 0.258. The van der Waals surface area contributed by atoms with Gasteiger partial charge in [-0.25, -0.2) is 9.78 Å². The standard InChI is InChI=1S/C31H29N3O4/c1-33(12-11-20-17-34(2)25-8-6-5-7-23(20)25)28-10-9-19(16-32-28)29-24-15-27(37-4)26(36-3)14-21(24)13-22-18-38-31(35)30(22)29/h5-10,13-17H,11-12,18H2,1-4H3. The summed E-state index contributed by atoms with van der Waals surface area (Å²) in [5.41, 5.74) is 5.66. The van der Waals surface area contributed by atoms with Crippen molar-refractivity contribution in [2.75, 3.05) is 32.7 Å². The SMILES string of the molecule is COc1cc2cc3c(c(-c4ccc(N(C)CCc5cn(C)c6ccccc56)nc4)c2cc1OC)C(=O)OC3. The molecule has 0 aliphatic carbocycles. The van der Waals surface area contributed by atoms with Crippen LogP contribution >= 0.6 is 0 Å². The predicted octanol–water partition coefficient (Wildman–Crippen LogP) is 5.76. The van der Waals surface area contributed by atoms with E-state index in [1.165, 1.54) is 16.5 Å². The molecule has 7 heteroatoms. The van der Waals surface area contributed by atoms with Crippen molar-refractivity contribution in [3.8, 4) is 22.6 Å². The quantitative estimate of drug-likeness (QED) is 0.261. The summed E-state index contributed by atoms with van der Waals surface area (Å²) in [4.78, 5) is 19.7. The van der Waals surface area contributed by atoms with Crippen LogP contribution in [0.25, 0.3) is 32.8 Å². The van der Waals surface area contributed by atoms with E-state index >= 15 is 0 Å². The number of esters is 1. The Morgan fingerprint density at radius 3 is 2.55 bits per heavy atom. The van der Waals surface area contributed by atoms with Gasteiger partial charge in [-0.1, -0.05) is 18.2 Å². The Hall–Kier alpha value is -4.52. The fraction of sp³-hybridized carbons (Fsp3) is 0.226. The van der Waals surface area contributed by atoms with Gasteiger partial charge in [-0.05, 0) is 59.2 Å². The lowest BCUT2D eigenvalue weighted by Gasteiger charge is -2.19. The van der Waals surface area contributed by atoms with Gasteiger partial charge in [0.15, 0.2) is 11.5 Å². The highest BCUT2D eigenvalue weighted by atomic mass is 16.5. The molecule has 3 heterocycles. The number of carbonyl (C=O) groups is 1. The van der Waals surface area contributed by atoms with Crippen LogP contribution in [0, 0.1) is 0 Å². The first-order valence-corrected chi connectivity index (χ1v) is 12.6. The molecular weight excluding hydrogens is 478 g/mol.